The van der Waals surface area contributed by atoms with Crippen LogP contribution in [0.1, 0.15) is 24.4 Å². The van der Waals surface area contributed by atoms with E-state index >= 15 is 0 Å². The molecule has 1 aromatic carbocycles. The molecule has 20 heavy (non-hydrogen) atoms. The highest BCUT2D eigenvalue weighted by atomic mass is 35.5. The molecule has 0 saturated heterocycles. The Morgan fingerprint density at radius 3 is 2.85 bits per heavy atom. The van der Waals surface area contributed by atoms with Crippen molar-refractivity contribution in [1.82, 2.24) is 14.7 Å². The molecule has 2 aromatic rings. The number of nitrogens with zero attached hydrogens (tertiary/aromatic N) is 1. The average molecular weight is 316 g/mol. The van der Waals surface area contributed by atoms with Crippen LogP contribution in [0.3, 0.4) is 0 Å². The van der Waals surface area contributed by atoms with Crippen molar-refractivity contribution in [3.8, 4) is 0 Å². The lowest BCUT2D eigenvalue weighted by atomic mass is 10.2. The Hall–Kier alpha value is -1.41. The normalized spacial score (nSPS) is 13.3. The third kappa shape index (κ3) is 3.18. The van der Waals surface area contributed by atoms with Gasteiger partial charge in [-0.05, 0) is 24.6 Å². The molecule has 0 aliphatic heterocycles. The topological polar surface area (TPSA) is 95.1 Å². The third-order valence-corrected chi connectivity index (χ3v) is 4.75. The first-order chi connectivity index (χ1) is 9.44. The molecule has 0 aliphatic carbocycles. The third-order valence-electron chi connectivity index (χ3n) is 2.73. The number of H-pyrrole nitrogens is 1. The number of sulfonamides is 1. The number of aromatic amines is 1. The van der Waals surface area contributed by atoms with Gasteiger partial charge < -0.3 is 10.1 Å². The van der Waals surface area contributed by atoms with E-state index in [0.717, 1.165) is 0 Å². The van der Waals surface area contributed by atoms with Crippen LogP contribution in [0.25, 0.3) is 0 Å². The van der Waals surface area contributed by atoms with Gasteiger partial charge in [0.1, 0.15) is 10.7 Å². The molecule has 2 rings (SSSR count). The summed E-state index contributed by atoms with van der Waals surface area (Å²) in [4.78, 5) is 6.77. The molecule has 0 radical (unpaired) electrons. The second-order valence-corrected chi connectivity index (χ2v) is 6.33. The molecule has 0 fully saturated rings. The van der Waals surface area contributed by atoms with E-state index in [1.54, 1.807) is 25.4 Å². The van der Waals surface area contributed by atoms with Crippen LogP contribution in [0, 0.1) is 0 Å². The van der Waals surface area contributed by atoms with Crippen LogP contribution in [0.15, 0.2) is 35.5 Å². The maximum atomic E-state index is 12.3. The van der Waals surface area contributed by atoms with E-state index in [0.29, 0.717) is 11.4 Å². The maximum absolute atomic E-state index is 12.3. The summed E-state index contributed by atoms with van der Waals surface area (Å²) in [5, 5.41) is 9.18. The molecule has 0 aliphatic rings. The maximum Gasteiger partial charge on any atom is 0.242 e. The number of nitrogens with one attached hydrogen (secondary N) is 2. The number of hydrogen-bond donors (Lipinski definition) is 3. The summed E-state index contributed by atoms with van der Waals surface area (Å²) in [5.74, 6) is 0.503. The number of hydrogen-bond acceptors (Lipinski definition) is 4. The largest absolute Gasteiger partial charge is 0.392 e. The Morgan fingerprint density at radius 2 is 2.25 bits per heavy atom. The number of aliphatic hydroxyl groups is 1. The van der Waals surface area contributed by atoms with Crippen LogP contribution in [0.4, 0.5) is 0 Å². The minimum atomic E-state index is -3.80. The zero-order valence-electron chi connectivity index (χ0n) is 10.7. The smallest absolute Gasteiger partial charge is 0.242 e. The van der Waals surface area contributed by atoms with E-state index in [-0.39, 0.29) is 16.5 Å². The monoisotopic (exact) mass is 315 g/mol. The second kappa shape index (κ2) is 5.92. The SMILES string of the molecule is CC(NS(=O)(=O)c1cc(CO)ccc1Cl)c1ncc[nH]1. The van der Waals surface area contributed by atoms with Gasteiger partial charge in [0.25, 0.3) is 0 Å². The standard InChI is InChI=1S/C12H14ClN3O3S/c1-8(12-14-4-5-15-12)16-20(18,19)11-6-9(7-17)2-3-10(11)13/h2-6,8,16-17H,7H2,1H3,(H,14,15). The molecular formula is C12H14ClN3O3S. The molecule has 0 amide bonds. The lowest BCUT2D eigenvalue weighted by Gasteiger charge is -2.13. The van der Waals surface area contributed by atoms with Gasteiger partial charge in [0.15, 0.2) is 0 Å². The molecule has 0 spiro atoms. The number of imidazole rings is 1. The van der Waals surface area contributed by atoms with Crippen molar-refractivity contribution in [3.63, 3.8) is 0 Å². The van der Waals surface area contributed by atoms with Gasteiger partial charge in [0.05, 0.1) is 17.7 Å². The van der Waals surface area contributed by atoms with Gasteiger partial charge in [-0.1, -0.05) is 17.7 Å². The summed E-state index contributed by atoms with van der Waals surface area (Å²) >= 11 is 5.92. The Labute approximate surface area is 121 Å². The highest BCUT2D eigenvalue weighted by Gasteiger charge is 2.22. The van der Waals surface area contributed by atoms with Gasteiger partial charge in [-0.2, -0.15) is 0 Å². The van der Waals surface area contributed by atoms with Gasteiger partial charge in [0, 0.05) is 12.4 Å². The van der Waals surface area contributed by atoms with E-state index in [4.69, 9.17) is 16.7 Å². The number of benzene rings is 1. The lowest BCUT2D eigenvalue weighted by Crippen LogP contribution is -2.28. The minimum absolute atomic E-state index is 0.0656. The molecule has 6 nitrogen and oxygen atoms in total. The lowest BCUT2D eigenvalue weighted by molar-refractivity contribution is 0.281. The predicted octanol–water partition coefficient (Wildman–Crippen LogP) is 1.59. The zero-order valence-corrected chi connectivity index (χ0v) is 12.2. The van der Waals surface area contributed by atoms with Crippen molar-refractivity contribution in [3.05, 3.63) is 47.0 Å². The van der Waals surface area contributed by atoms with Crippen molar-refractivity contribution < 1.29 is 13.5 Å². The van der Waals surface area contributed by atoms with Gasteiger partial charge in [-0.15, -0.1) is 0 Å². The van der Waals surface area contributed by atoms with Crippen molar-refractivity contribution in [2.75, 3.05) is 0 Å². The number of halogens is 1. The van der Waals surface area contributed by atoms with Gasteiger partial charge in [0.2, 0.25) is 10.0 Å². The Bertz CT molecular complexity index is 686. The number of rotatable bonds is 5. The first kappa shape index (κ1) is 15.0. The van der Waals surface area contributed by atoms with Crippen LogP contribution in [-0.4, -0.2) is 23.5 Å². The zero-order chi connectivity index (χ0) is 14.8. The summed E-state index contributed by atoms with van der Waals surface area (Å²) < 4.78 is 27.1. The summed E-state index contributed by atoms with van der Waals surface area (Å²) in [6.07, 6.45) is 3.15. The molecule has 3 N–H and O–H groups in total. The van der Waals surface area contributed by atoms with Crippen LogP contribution in [0.5, 0.6) is 0 Å². The van der Waals surface area contributed by atoms with Crippen molar-refractivity contribution in [2.45, 2.75) is 24.5 Å². The first-order valence-electron chi connectivity index (χ1n) is 5.85. The quantitative estimate of drug-likeness (QED) is 0.781. The molecule has 8 heteroatoms. The molecule has 1 heterocycles. The van der Waals surface area contributed by atoms with Crippen molar-refractivity contribution in [1.29, 1.82) is 0 Å². The summed E-state index contributed by atoms with van der Waals surface area (Å²) in [6.45, 7) is 1.41. The molecule has 1 unspecified atom stereocenters. The summed E-state index contributed by atoms with van der Waals surface area (Å²) in [6, 6.07) is 3.83. The molecule has 0 bridgehead atoms. The van der Waals surface area contributed by atoms with Crippen LogP contribution in [-0.2, 0) is 16.6 Å². The first-order valence-corrected chi connectivity index (χ1v) is 7.71. The van der Waals surface area contributed by atoms with Gasteiger partial charge in [-0.25, -0.2) is 18.1 Å². The summed E-state index contributed by atoms with van der Waals surface area (Å²) in [5.41, 5.74) is 0.473. The molecule has 1 atom stereocenters. The van der Waals surface area contributed by atoms with Crippen LogP contribution >= 0.6 is 11.6 Å². The van der Waals surface area contributed by atoms with E-state index in [2.05, 4.69) is 14.7 Å². The number of aliphatic hydroxyl groups excluding tert-OH is 1. The second-order valence-electron chi connectivity index (χ2n) is 4.24. The molecule has 108 valence electrons. The Balaban J connectivity index is 2.31. The van der Waals surface area contributed by atoms with Crippen molar-refractivity contribution in [2.24, 2.45) is 0 Å². The molecule has 0 saturated carbocycles. The average Bonchev–Trinajstić information content (AvgIpc) is 2.92. The Morgan fingerprint density at radius 1 is 1.50 bits per heavy atom. The molecule has 1 aromatic heterocycles. The van der Waals surface area contributed by atoms with E-state index < -0.39 is 16.1 Å². The van der Waals surface area contributed by atoms with E-state index in [9.17, 15) is 8.42 Å². The van der Waals surface area contributed by atoms with Crippen LogP contribution < -0.4 is 4.72 Å². The van der Waals surface area contributed by atoms with Crippen LogP contribution in [0.2, 0.25) is 5.02 Å². The number of aromatic nitrogens is 2. The van der Waals surface area contributed by atoms with E-state index in [1.807, 2.05) is 0 Å². The highest BCUT2D eigenvalue weighted by Crippen LogP contribution is 2.24. The Kier molecular flexibility index (Phi) is 4.44. The minimum Gasteiger partial charge on any atom is -0.392 e. The summed E-state index contributed by atoms with van der Waals surface area (Å²) in [7, 11) is -3.80. The van der Waals surface area contributed by atoms with Gasteiger partial charge >= 0.3 is 0 Å². The fourth-order valence-electron chi connectivity index (χ4n) is 1.72. The highest BCUT2D eigenvalue weighted by molar-refractivity contribution is 7.89. The van der Waals surface area contributed by atoms with E-state index in [1.165, 1.54) is 12.1 Å². The van der Waals surface area contributed by atoms with Crippen molar-refractivity contribution >= 4 is 21.6 Å². The fraction of sp³-hybridized carbons (Fsp3) is 0.250. The fourth-order valence-corrected chi connectivity index (χ4v) is 3.48. The van der Waals surface area contributed by atoms with Gasteiger partial charge in [-0.3, -0.25) is 0 Å². The molecular weight excluding hydrogens is 302 g/mol. The predicted molar refractivity (Wildman–Crippen MR) is 74.7 cm³/mol.